The van der Waals surface area contributed by atoms with Crippen LogP contribution < -0.4 is 0 Å². The lowest BCUT2D eigenvalue weighted by molar-refractivity contribution is -0.0508. The molecule has 1 heteroatoms. The number of hydrogen-bond donors (Lipinski definition) is 0. The molecular weight excluding hydrogens is 184 g/mol. The Morgan fingerprint density at radius 2 is 2.07 bits per heavy atom. The van der Waals surface area contributed by atoms with Gasteiger partial charge in [-0.05, 0) is 37.5 Å². The van der Waals surface area contributed by atoms with Crippen LogP contribution in [0.1, 0.15) is 53.4 Å². The Morgan fingerprint density at radius 3 is 2.53 bits per heavy atom. The maximum atomic E-state index is 6.30. The molecule has 0 saturated carbocycles. The Balaban J connectivity index is 1.97. The molecule has 1 spiro atoms. The van der Waals surface area contributed by atoms with Crippen LogP contribution in [0.3, 0.4) is 0 Å². The Bertz CT molecular complexity index is 265. The average molecular weight is 208 g/mol. The largest absolute Gasteiger partial charge is 0.371 e. The number of rotatable bonds is 2. The molecular formula is C14H24O. The zero-order valence-corrected chi connectivity index (χ0v) is 10.5. The first kappa shape index (κ1) is 11.2. The first-order valence-electron chi connectivity index (χ1n) is 6.39. The lowest BCUT2D eigenvalue weighted by Crippen LogP contribution is -2.27. The van der Waals surface area contributed by atoms with Crippen molar-refractivity contribution in [2.75, 3.05) is 0 Å². The summed E-state index contributed by atoms with van der Waals surface area (Å²) in [4.78, 5) is 0. The summed E-state index contributed by atoms with van der Waals surface area (Å²) in [6.45, 7) is 9.13. The second-order valence-corrected chi connectivity index (χ2v) is 5.94. The Kier molecular flexibility index (Phi) is 2.94. The summed E-state index contributed by atoms with van der Waals surface area (Å²) in [7, 11) is 0. The van der Waals surface area contributed by atoms with E-state index in [4.69, 9.17) is 4.74 Å². The molecule has 1 saturated heterocycles. The van der Waals surface area contributed by atoms with Crippen molar-refractivity contribution in [3.05, 3.63) is 11.6 Å². The van der Waals surface area contributed by atoms with Gasteiger partial charge in [0.05, 0.1) is 11.7 Å². The zero-order valence-electron chi connectivity index (χ0n) is 10.5. The lowest BCUT2D eigenvalue weighted by atomic mass is 9.92. The van der Waals surface area contributed by atoms with E-state index in [1.807, 2.05) is 0 Å². The summed E-state index contributed by atoms with van der Waals surface area (Å²) in [6.07, 6.45) is 7.80. The highest BCUT2D eigenvalue weighted by Crippen LogP contribution is 2.45. The van der Waals surface area contributed by atoms with Gasteiger partial charge in [-0.1, -0.05) is 39.3 Å². The molecule has 0 N–H and O–H groups in total. The van der Waals surface area contributed by atoms with Crippen LogP contribution in [0.4, 0.5) is 0 Å². The van der Waals surface area contributed by atoms with Crippen LogP contribution >= 0.6 is 0 Å². The maximum Gasteiger partial charge on any atom is 0.0758 e. The molecule has 1 nitrogen and oxygen atoms in total. The predicted octanol–water partition coefficient (Wildman–Crippen LogP) is 3.94. The van der Waals surface area contributed by atoms with Gasteiger partial charge in [-0.2, -0.15) is 0 Å². The standard InChI is InChI=1S/C14H24O/c1-10(2)12-5-7-14(9-12)8-6-13(15-14)11(3)4/h5,10-11,13H,6-9H2,1-4H3. The van der Waals surface area contributed by atoms with Gasteiger partial charge in [0.2, 0.25) is 0 Å². The van der Waals surface area contributed by atoms with Crippen molar-refractivity contribution >= 4 is 0 Å². The van der Waals surface area contributed by atoms with E-state index in [1.54, 1.807) is 5.57 Å². The van der Waals surface area contributed by atoms with Crippen molar-refractivity contribution in [1.82, 2.24) is 0 Å². The van der Waals surface area contributed by atoms with Gasteiger partial charge in [0.25, 0.3) is 0 Å². The molecule has 0 aromatic carbocycles. The van der Waals surface area contributed by atoms with Gasteiger partial charge in [0, 0.05) is 0 Å². The molecule has 2 unspecified atom stereocenters. The van der Waals surface area contributed by atoms with Crippen LogP contribution in [0.15, 0.2) is 11.6 Å². The molecule has 2 aliphatic rings. The third kappa shape index (κ3) is 2.13. The van der Waals surface area contributed by atoms with E-state index in [9.17, 15) is 0 Å². The summed E-state index contributed by atoms with van der Waals surface area (Å²) in [5, 5.41) is 0. The summed E-state index contributed by atoms with van der Waals surface area (Å²) in [5.74, 6) is 1.37. The quantitative estimate of drug-likeness (QED) is 0.625. The summed E-state index contributed by atoms with van der Waals surface area (Å²) in [5.41, 5.74) is 1.81. The highest BCUT2D eigenvalue weighted by molar-refractivity contribution is 5.19. The molecule has 15 heavy (non-hydrogen) atoms. The van der Waals surface area contributed by atoms with Crippen molar-refractivity contribution in [2.24, 2.45) is 11.8 Å². The molecule has 0 aromatic heterocycles. The monoisotopic (exact) mass is 208 g/mol. The van der Waals surface area contributed by atoms with Gasteiger partial charge in [-0.25, -0.2) is 0 Å². The summed E-state index contributed by atoms with van der Waals surface area (Å²) in [6, 6.07) is 0. The summed E-state index contributed by atoms with van der Waals surface area (Å²) >= 11 is 0. The highest BCUT2D eigenvalue weighted by Gasteiger charge is 2.43. The van der Waals surface area contributed by atoms with Crippen molar-refractivity contribution in [1.29, 1.82) is 0 Å². The molecule has 0 bridgehead atoms. The molecule has 1 aliphatic heterocycles. The topological polar surface area (TPSA) is 9.23 Å². The average Bonchev–Trinajstić information content (AvgIpc) is 2.74. The second kappa shape index (κ2) is 3.93. The lowest BCUT2D eigenvalue weighted by Gasteiger charge is -2.26. The minimum absolute atomic E-state index is 0.203. The minimum atomic E-state index is 0.203. The molecule has 0 radical (unpaired) electrons. The van der Waals surface area contributed by atoms with Crippen molar-refractivity contribution in [3.8, 4) is 0 Å². The van der Waals surface area contributed by atoms with E-state index >= 15 is 0 Å². The Labute approximate surface area is 93.9 Å². The molecule has 1 aliphatic carbocycles. The molecule has 0 amide bonds. The van der Waals surface area contributed by atoms with Gasteiger partial charge in [-0.15, -0.1) is 0 Å². The maximum absolute atomic E-state index is 6.30. The number of ether oxygens (including phenoxy) is 1. The molecule has 1 heterocycles. The van der Waals surface area contributed by atoms with Crippen LogP contribution in [0.5, 0.6) is 0 Å². The third-order valence-corrected chi connectivity index (χ3v) is 4.03. The molecule has 2 rings (SSSR count). The summed E-state index contributed by atoms with van der Waals surface area (Å²) < 4.78 is 6.30. The first-order chi connectivity index (χ1) is 7.02. The van der Waals surface area contributed by atoms with E-state index in [0.717, 1.165) is 6.42 Å². The highest BCUT2D eigenvalue weighted by atomic mass is 16.5. The van der Waals surface area contributed by atoms with Gasteiger partial charge in [-0.3, -0.25) is 0 Å². The Hall–Kier alpha value is -0.300. The fourth-order valence-corrected chi connectivity index (χ4v) is 2.87. The van der Waals surface area contributed by atoms with E-state index in [2.05, 4.69) is 33.8 Å². The van der Waals surface area contributed by atoms with Crippen LogP contribution in [0.25, 0.3) is 0 Å². The Morgan fingerprint density at radius 1 is 1.33 bits per heavy atom. The van der Waals surface area contributed by atoms with Gasteiger partial charge in [0.15, 0.2) is 0 Å². The minimum Gasteiger partial charge on any atom is -0.371 e. The first-order valence-corrected chi connectivity index (χ1v) is 6.39. The van der Waals surface area contributed by atoms with E-state index in [-0.39, 0.29) is 5.60 Å². The molecule has 0 aromatic rings. The van der Waals surface area contributed by atoms with Crippen LogP contribution in [0, 0.1) is 11.8 Å². The van der Waals surface area contributed by atoms with E-state index in [0.29, 0.717) is 17.9 Å². The third-order valence-electron chi connectivity index (χ3n) is 4.03. The zero-order chi connectivity index (χ0) is 11.1. The molecule has 86 valence electrons. The van der Waals surface area contributed by atoms with E-state index < -0.39 is 0 Å². The van der Waals surface area contributed by atoms with Gasteiger partial charge in [0.1, 0.15) is 0 Å². The van der Waals surface area contributed by atoms with Crippen LogP contribution in [-0.2, 0) is 4.74 Å². The van der Waals surface area contributed by atoms with Crippen molar-refractivity contribution in [3.63, 3.8) is 0 Å². The second-order valence-electron chi connectivity index (χ2n) is 5.94. The predicted molar refractivity (Wildman–Crippen MR) is 63.8 cm³/mol. The molecule has 2 atom stereocenters. The van der Waals surface area contributed by atoms with E-state index in [1.165, 1.54) is 19.3 Å². The molecule has 1 fully saturated rings. The van der Waals surface area contributed by atoms with Crippen LogP contribution in [-0.4, -0.2) is 11.7 Å². The van der Waals surface area contributed by atoms with Crippen LogP contribution in [0.2, 0.25) is 0 Å². The fraction of sp³-hybridized carbons (Fsp3) is 0.857. The van der Waals surface area contributed by atoms with Crippen molar-refractivity contribution in [2.45, 2.75) is 65.1 Å². The number of hydrogen-bond acceptors (Lipinski definition) is 1. The normalized spacial score (nSPS) is 35.9. The van der Waals surface area contributed by atoms with Crippen molar-refractivity contribution < 1.29 is 4.74 Å². The SMILES string of the molecule is CC(C)C1=CCC2(CCC(C(C)C)O2)C1. The smallest absolute Gasteiger partial charge is 0.0758 e. The fourth-order valence-electron chi connectivity index (χ4n) is 2.87. The van der Waals surface area contributed by atoms with Gasteiger partial charge < -0.3 is 4.74 Å². The van der Waals surface area contributed by atoms with Gasteiger partial charge >= 0.3 is 0 Å².